The van der Waals surface area contributed by atoms with Crippen LogP contribution in [0.1, 0.15) is 24.8 Å². The number of amides is 4. The van der Waals surface area contributed by atoms with Gasteiger partial charge in [0.2, 0.25) is 11.8 Å². The van der Waals surface area contributed by atoms with Gasteiger partial charge in [-0.25, -0.2) is 9.18 Å². The summed E-state index contributed by atoms with van der Waals surface area (Å²) in [6, 6.07) is 10.8. The van der Waals surface area contributed by atoms with Crippen LogP contribution in [0.4, 0.5) is 20.6 Å². The highest BCUT2D eigenvalue weighted by atomic mass is 19.1. The molecule has 9 heteroatoms. The smallest absolute Gasteiger partial charge is 0.319 e. The van der Waals surface area contributed by atoms with Crippen molar-refractivity contribution in [2.75, 3.05) is 37.4 Å². The number of aryl methyl sites for hydroxylation is 1. The number of rotatable bonds is 7. The van der Waals surface area contributed by atoms with Crippen LogP contribution in [0.2, 0.25) is 0 Å². The molecule has 3 N–H and O–H groups in total. The Bertz CT molecular complexity index is 988. The summed E-state index contributed by atoms with van der Waals surface area (Å²) in [6.45, 7) is 2.92. The summed E-state index contributed by atoms with van der Waals surface area (Å²) >= 11 is 0. The molecule has 1 saturated heterocycles. The van der Waals surface area contributed by atoms with Crippen LogP contribution >= 0.6 is 0 Å². The molecule has 0 spiro atoms. The number of anilines is 2. The summed E-state index contributed by atoms with van der Waals surface area (Å²) < 4.78 is 18.4. The van der Waals surface area contributed by atoms with Gasteiger partial charge in [0.1, 0.15) is 11.6 Å². The van der Waals surface area contributed by atoms with Crippen LogP contribution in [-0.2, 0) is 9.59 Å². The molecule has 1 aliphatic rings. The van der Waals surface area contributed by atoms with Gasteiger partial charge >= 0.3 is 6.03 Å². The van der Waals surface area contributed by atoms with E-state index in [9.17, 15) is 18.8 Å². The van der Waals surface area contributed by atoms with Crippen LogP contribution in [-0.4, -0.2) is 49.5 Å². The Kier molecular flexibility index (Phi) is 8.23. The summed E-state index contributed by atoms with van der Waals surface area (Å²) in [5.41, 5.74) is 1.83. The molecule has 0 radical (unpaired) electrons. The number of urea groups is 1. The summed E-state index contributed by atoms with van der Waals surface area (Å²) in [5, 5.41) is 8.10. The average Bonchev–Trinajstić information content (AvgIpc) is 2.82. The van der Waals surface area contributed by atoms with Gasteiger partial charge in [-0.1, -0.05) is 6.07 Å². The van der Waals surface area contributed by atoms with Gasteiger partial charge in [-0.05, 0) is 61.7 Å². The number of hydrogen-bond donors (Lipinski definition) is 3. The normalized spacial score (nSPS) is 13.8. The first-order valence-corrected chi connectivity index (χ1v) is 10.9. The van der Waals surface area contributed by atoms with Gasteiger partial charge in [-0.15, -0.1) is 0 Å². The van der Waals surface area contributed by atoms with E-state index in [0.717, 1.165) is 11.3 Å². The zero-order valence-corrected chi connectivity index (χ0v) is 18.8. The third-order valence-corrected chi connectivity index (χ3v) is 5.65. The molecule has 1 aliphatic heterocycles. The molecule has 0 aromatic heterocycles. The van der Waals surface area contributed by atoms with Crippen molar-refractivity contribution < 1.29 is 23.5 Å². The second-order valence-corrected chi connectivity index (χ2v) is 7.96. The van der Waals surface area contributed by atoms with Crippen LogP contribution in [0, 0.1) is 18.7 Å². The van der Waals surface area contributed by atoms with Crippen LogP contribution in [0.25, 0.3) is 0 Å². The van der Waals surface area contributed by atoms with Gasteiger partial charge in [-0.3, -0.25) is 9.59 Å². The van der Waals surface area contributed by atoms with Gasteiger partial charge in [0.05, 0.1) is 7.11 Å². The minimum atomic E-state index is -0.495. The number of nitrogens with zero attached hydrogens (tertiary/aromatic N) is 1. The number of carbonyl (C=O) groups excluding carboxylic acids is 3. The molecule has 0 atom stereocenters. The molecule has 2 aromatic rings. The van der Waals surface area contributed by atoms with E-state index >= 15 is 0 Å². The van der Waals surface area contributed by atoms with E-state index in [0.29, 0.717) is 37.3 Å². The molecule has 176 valence electrons. The number of halogens is 1. The number of methoxy groups -OCH3 is 1. The maximum Gasteiger partial charge on any atom is 0.319 e. The summed E-state index contributed by atoms with van der Waals surface area (Å²) in [7, 11) is 1.58. The van der Waals surface area contributed by atoms with E-state index in [2.05, 4.69) is 16.0 Å². The zero-order valence-electron chi connectivity index (χ0n) is 18.8. The van der Waals surface area contributed by atoms with Crippen molar-refractivity contribution in [2.24, 2.45) is 5.92 Å². The first-order valence-electron chi connectivity index (χ1n) is 10.9. The number of carbonyl (C=O) groups is 3. The Balaban J connectivity index is 1.37. The highest BCUT2D eigenvalue weighted by Gasteiger charge is 2.27. The largest absolute Gasteiger partial charge is 0.497 e. The van der Waals surface area contributed by atoms with Gasteiger partial charge in [0, 0.05) is 43.3 Å². The Hall–Kier alpha value is -3.62. The first kappa shape index (κ1) is 24.0. The molecule has 0 bridgehead atoms. The average molecular weight is 457 g/mol. The van der Waals surface area contributed by atoms with Crippen molar-refractivity contribution in [1.82, 2.24) is 10.2 Å². The van der Waals surface area contributed by atoms with E-state index in [1.165, 1.54) is 12.1 Å². The maximum absolute atomic E-state index is 13.3. The lowest BCUT2D eigenvalue weighted by molar-refractivity contribution is -0.134. The molecular formula is C24H29FN4O4. The summed E-state index contributed by atoms with van der Waals surface area (Å²) in [5.74, 6) is -0.0120. The van der Waals surface area contributed by atoms with Gasteiger partial charge in [0.25, 0.3) is 0 Å². The van der Waals surface area contributed by atoms with Crippen molar-refractivity contribution >= 4 is 29.2 Å². The van der Waals surface area contributed by atoms with Crippen LogP contribution in [0.15, 0.2) is 42.5 Å². The van der Waals surface area contributed by atoms with Crippen LogP contribution < -0.4 is 20.7 Å². The first-order chi connectivity index (χ1) is 15.9. The maximum atomic E-state index is 13.3. The van der Waals surface area contributed by atoms with Gasteiger partial charge in [-0.2, -0.15) is 0 Å². The van der Waals surface area contributed by atoms with E-state index < -0.39 is 11.8 Å². The quantitative estimate of drug-likeness (QED) is 0.593. The minimum absolute atomic E-state index is 0.0572. The topological polar surface area (TPSA) is 99.8 Å². The van der Waals surface area contributed by atoms with Crippen LogP contribution in [0.5, 0.6) is 5.75 Å². The molecule has 1 fully saturated rings. The zero-order chi connectivity index (χ0) is 23.8. The molecular weight excluding hydrogens is 427 g/mol. The third kappa shape index (κ3) is 6.93. The van der Waals surface area contributed by atoms with Crippen molar-refractivity contribution in [3.63, 3.8) is 0 Å². The van der Waals surface area contributed by atoms with Crippen molar-refractivity contribution in [3.05, 3.63) is 53.8 Å². The Morgan fingerprint density at radius 3 is 2.42 bits per heavy atom. The van der Waals surface area contributed by atoms with E-state index in [1.807, 2.05) is 0 Å². The fourth-order valence-electron chi connectivity index (χ4n) is 3.65. The van der Waals surface area contributed by atoms with Crippen molar-refractivity contribution in [1.29, 1.82) is 0 Å². The van der Waals surface area contributed by atoms with E-state index in [1.54, 1.807) is 49.3 Å². The Morgan fingerprint density at radius 1 is 1.06 bits per heavy atom. The number of likely N-dealkylation sites (tertiary alicyclic amines) is 1. The molecule has 1 heterocycles. The monoisotopic (exact) mass is 456 g/mol. The standard InChI is InChI=1S/C24H29FN4O4/c1-16-3-4-18(25)15-21(16)28-24(32)26-12-9-22(30)29-13-10-17(11-14-29)23(31)27-19-5-7-20(33-2)8-6-19/h3-8,15,17H,9-14H2,1-2H3,(H,27,31)(H2,26,28,32). The predicted molar refractivity (Wildman–Crippen MR) is 124 cm³/mol. The number of piperidine rings is 1. The van der Waals surface area contributed by atoms with E-state index in [-0.39, 0.29) is 30.7 Å². The van der Waals surface area contributed by atoms with Crippen molar-refractivity contribution in [3.8, 4) is 5.75 Å². The molecule has 2 aromatic carbocycles. The second-order valence-electron chi connectivity index (χ2n) is 7.96. The lowest BCUT2D eigenvalue weighted by Gasteiger charge is -2.31. The lowest BCUT2D eigenvalue weighted by atomic mass is 9.95. The number of ether oxygens (including phenoxy) is 1. The molecule has 3 rings (SSSR count). The summed E-state index contributed by atoms with van der Waals surface area (Å²) in [6.07, 6.45) is 1.32. The molecule has 0 unspecified atom stereocenters. The second kappa shape index (κ2) is 11.3. The van der Waals surface area contributed by atoms with Crippen LogP contribution in [0.3, 0.4) is 0 Å². The SMILES string of the molecule is COc1ccc(NC(=O)C2CCN(C(=O)CCNC(=O)Nc3cc(F)ccc3C)CC2)cc1. The highest BCUT2D eigenvalue weighted by Crippen LogP contribution is 2.21. The molecule has 0 aliphatic carbocycles. The summed E-state index contributed by atoms with van der Waals surface area (Å²) in [4.78, 5) is 38.7. The predicted octanol–water partition coefficient (Wildman–Crippen LogP) is 3.53. The Labute approximate surface area is 192 Å². The molecule has 33 heavy (non-hydrogen) atoms. The van der Waals surface area contributed by atoms with E-state index in [4.69, 9.17) is 4.74 Å². The Morgan fingerprint density at radius 2 is 1.76 bits per heavy atom. The minimum Gasteiger partial charge on any atom is -0.497 e. The van der Waals surface area contributed by atoms with Gasteiger partial charge < -0.3 is 25.6 Å². The molecule has 4 amide bonds. The lowest BCUT2D eigenvalue weighted by Crippen LogP contribution is -2.42. The van der Waals surface area contributed by atoms with Gasteiger partial charge in [0.15, 0.2) is 0 Å². The van der Waals surface area contributed by atoms with Crippen molar-refractivity contribution in [2.45, 2.75) is 26.2 Å². The highest BCUT2D eigenvalue weighted by molar-refractivity contribution is 5.93. The number of nitrogens with one attached hydrogen (secondary N) is 3. The molecule has 8 nitrogen and oxygen atoms in total. The fraction of sp³-hybridized carbons (Fsp3) is 0.375. The molecule has 0 saturated carbocycles. The fourth-order valence-corrected chi connectivity index (χ4v) is 3.65. The number of benzene rings is 2. The number of hydrogen-bond acceptors (Lipinski definition) is 4. The third-order valence-electron chi connectivity index (χ3n) is 5.65.